The molecule has 1 saturated heterocycles. The highest BCUT2D eigenvalue weighted by atomic mass is 16.6. The van der Waals surface area contributed by atoms with E-state index in [1.54, 1.807) is 6.08 Å². The van der Waals surface area contributed by atoms with Gasteiger partial charge in [0.2, 0.25) is 0 Å². The van der Waals surface area contributed by atoms with Gasteiger partial charge in [0.1, 0.15) is 0 Å². The molecule has 3 heteroatoms. The fourth-order valence-electron chi connectivity index (χ4n) is 1.80. The molecule has 64 valence electrons. The number of fused-ring (bicyclic) bond motifs is 1. The fourth-order valence-corrected chi connectivity index (χ4v) is 1.80. The van der Waals surface area contributed by atoms with E-state index in [0.29, 0.717) is 5.92 Å². The molecule has 1 aliphatic carbocycles. The maximum Gasteiger partial charge on any atom is 0.321 e. The molecule has 0 saturated carbocycles. The van der Waals surface area contributed by atoms with Crippen molar-refractivity contribution in [2.24, 2.45) is 17.8 Å². The molecule has 0 aromatic carbocycles. The molecule has 0 N–H and O–H groups in total. The fraction of sp³-hybridized carbons (Fsp3) is 0.556. The smallest absolute Gasteiger partial charge is 0.321 e. The van der Waals surface area contributed by atoms with Gasteiger partial charge in [-0.05, 0) is 12.3 Å². The molecule has 2 rings (SSSR count). The SMILES string of the molecule is C[C@H]1C=C[C@H]2C(=O)OC(=O)[C@H]2C1. The minimum atomic E-state index is -0.381. The largest absolute Gasteiger partial charge is 0.392 e. The summed E-state index contributed by atoms with van der Waals surface area (Å²) in [7, 11) is 0. The van der Waals surface area contributed by atoms with Gasteiger partial charge in [0.25, 0.3) is 0 Å². The molecule has 0 amide bonds. The first-order chi connectivity index (χ1) is 5.68. The predicted octanol–water partition coefficient (Wildman–Crippen LogP) is 0.898. The summed E-state index contributed by atoms with van der Waals surface area (Å²) < 4.78 is 4.53. The molecule has 0 spiro atoms. The van der Waals surface area contributed by atoms with Crippen LogP contribution in [0.3, 0.4) is 0 Å². The Bertz CT molecular complexity index is 267. The third-order valence-electron chi connectivity index (χ3n) is 2.48. The molecule has 3 atom stereocenters. The lowest BCUT2D eigenvalue weighted by molar-refractivity contribution is -0.153. The van der Waals surface area contributed by atoms with Crippen LogP contribution >= 0.6 is 0 Å². The molecule has 1 aliphatic heterocycles. The van der Waals surface area contributed by atoms with Crippen LogP contribution in [-0.2, 0) is 14.3 Å². The zero-order valence-corrected chi connectivity index (χ0v) is 6.82. The summed E-state index contributed by atoms with van der Waals surface area (Å²) in [5.74, 6) is -0.856. The average Bonchev–Trinajstić information content (AvgIpc) is 2.28. The summed E-state index contributed by atoms with van der Waals surface area (Å²) in [5, 5.41) is 0. The number of carbonyl (C=O) groups excluding carboxylic acids is 2. The Kier molecular flexibility index (Phi) is 1.53. The van der Waals surface area contributed by atoms with Crippen LogP contribution in [0.2, 0.25) is 0 Å². The second-order valence-corrected chi connectivity index (χ2v) is 3.47. The van der Waals surface area contributed by atoms with Crippen LogP contribution in [0.15, 0.2) is 12.2 Å². The topological polar surface area (TPSA) is 43.4 Å². The van der Waals surface area contributed by atoms with Gasteiger partial charge in [-0.25, -0.2) is 0 Å². The van der Waals surface area contributed by atoms with Crippen LogP contribution < -0.4 is 0 Å². The second-order valence-electron chi connectivity index (χ2n) is 3.47. The molecule has 0 unspecified atom stereocenters. The van der Waals surface area contributed by atoms with Gasteiger partial charge in [-0.3, -0.25) is 9.59 Å². The van der Waals surface area contributed by atoms with E-state index in [1.807, 2.05) is 13.0 Å². The number of ether oxygens (including phenoxy) is 1. The number of hydrogen-bond donors (Lipinski definition) is 0. The standard InChI is InChI=1S/C9H10O3/c1-5-2-3-6-7(4-5)9(11)12-8(6)10/h2-3,5-7H,4H2,1H3/t5-,6+,7-/m0/s1. The van der Waals surface area contributed by atoms with Gasteiger partial charge in [-0.1, -0.05) is 19.1 Å². The van der Waals surface area contributed by atoms with E-state index in [4.69, 9.17) is 0 Å². The van der Waals surface area contributed by atoms with Crippen LogP contribution in [-0.4, -0.2) is 11.9 Å². The van der Waals surface area contributed by atoms with Crippen molar-refractivity contribution in [3.8, 4) is 0 Å². The van der Waals surface area contributed by atoms with Gasteiger partial charge in [0.15, 0.2) is 0 Å². The molecular formula is C9H10O3. The van der Waals surface area contributed by atoms with Gasteiger partial charge in [-0.15, -0.1) is 0 Å². The third-order valence-corrected chi connectivity index (χ3v) is 2.48. The molecule has 0 radical (unpaired) electrons. The lowest BCUT2D eigenvalue weighted by atomic mass is 9.81. The van der Waals surface area contributed by atoms with E-state index in [-0.39, 0.29) is 23.8 Å². The van der Waals surface area contributed by atoms with Crippen molar-refractivity contribution < 1.29 is 14.3 Å². The molecule has 2 aliphatic rings. The summed E-state index contributed by atoms with van der Waals surface area (Å²) in [6.07, 6.45) is 4.51. The lowest BCUT2D eigenvalue weighted by Crippen LogP contribution is -2.21. The number of hydrogen-bond acceptors (Lipinski definition) is 3. The third kappa shape index (κ3) is 0.967. The van der Waals surface area contributed by atoms with E-state index in [9.17, 15) is 9.59 Å². The quantitative estimate of drug-likeness (QED) is 0.305. The highest BCUT2D eigenvalue weighted by molar-refractivity contribution is 5.97. The normalized spacial score (nSPS) is 39.6. The Labute approximate surface area is 70.4 Å². The van der Waals surface area contributed by atoms with Crippen molar-refractivity contribution >= 4 is 11.9 Å². The number of rotatable bonds is 0. The van der Waals surface area contributed by atoms with Crippen molar-refractivity contribution in [2.75, 3.05) is 0 Å². The van der Waals surface area contributed by atoms with E-state index in [1.165, 1.54) is 0 Å². The van der Waals surface area contributed by atoms with Crippen LogP contribution in [0.25, 0.3) is 0 Å². The van der Waals surface area contributed by atoms with E-state index in [2.05, 4.69) is 4.74 Å². The Hall–Kier alpha value is -1.12. The molecule has 3 nitrogen and oxygen atoms in total. The minimum Gasteiger partial charge on any atom is -0.392 e. The van der Waals surface area contributed by atoms with Crippen molar-refractivity contribution in [3.63, 3.8) is 0 Å². The van der Waals surface area contributed by atoms with Crippen LogP contribution in [0.5, 0.6) is 0 Å². The van der Waals surface area contributed by atoms with Gasteiger partial charge in [0.05, 0.1) is 11.8 Å². The van der Waals surface area contributed by atoms with Crippen molar-refractivity contribution in [2.45, 2.75) is 13.3 Å². The van der Waals surface area contributed by atoms with Crippen molar-refractivity contribution in [1.29, 1.82) is 0 Å². The summed E-state index contributed by atoms with van der Waals surface area (Å²) >= 11 is 0. The highest BCUT2D eigenvalue weighted by Gasteiger charge is 2.44. The molecule has 0 bridgehead atoms. The van der Waals surface area contributed by atoms with E-state index < -0.39 is 0 Å². The highest BCUT2D eigenvalue weighted by Crippen LogP contribution is 2.34. The monoisotopic (exact) mass is 166 g/mol. The maximum absolute atomic E-state index is 11.1. The number of cyclic esters (lactones) is 2. The van der Waals surface area contributed by atoms with Crippen molar-refractivity contribution in [1.82, 2.24) is 0 Å². The summed E-state index contributed by atoms with van der Waals surface area (Å²) in [5.41, 5.74) is 0. The van der Waals surface area contributed by atoms with Gasteiger partial charge < -0.3 is 4.74 Å². The Morgan fingerprint density at radius 1 is 1.33 bits per heavy atom. The van der Waals surface area contributed by atoms with Gasteiger partial charge >= 0.3 is 11.9 Å². The maximum atomic E-state index is 11.1. The van der Waals surface area contributed by atoms with Crippen molar-refractivity contribution in [3.05, 3.63) is 12.2 Å². The Balaban J connectivity index is 2.29. The first-order valence-electron chi connectivity index (χ1n) is 4.12. The first kappa shape index (κ1) is 7.53. The Morgan fingerprint density at radius 3 is 2.83 bits per heavy atom. The number of esters is 2. The Morgan fingerprint density at radius 2 is 2.08 bits per heavy atom. The molecular weight excluding hydrogens is 156 g/mol. The molecule has 1 heterocycles. The average molecular weight is 166 g/mol. The van der Waals surface area contributed by atoms with Gasteiger partial charge in [0, 0.05) is 0 Å². The molecule has 12 heavy (non-hydrogen) atoms. The van der Waals surface area contributed by atoms with Crippen LogP contribution in [0, 0.1) is 17.8 Å². The van der Waals surface area contributed by atoms with Crippen LogP contribution in [0.1, 0.15) is 13.3 Å². The van der Waals surface area contributed by atoms with Gasteiger partial charge in [-0.2, -0.15) is 0 Å². The zero-order chi connectivity index (χ0) is 8.72. The lowest BCUT2D eigenvalue weighted by Gasteiger charge is -2.18. The summed E-state index contributed by atoms with van der Waals surface area (Å²) in [4.78, 5) is 22.1. The zero-order valence-electron chi connectivity index (χ0n) is 6.82. The number of allylic oxidation sites excluding steroid dienone is 1. The molecule has 0 aromatic rings. The molecule has 1 fully saturated rings. The van der Waals surface area contributed by atoms with E-state index in [0.717, 1.165) is 6.42 Å². The summed E-state index contributed by atoms with van der Waals surface area (Å²) in [6.45, 7) is 2.03. The van der Waals surface area contributed by atoms with Crippen LogP contribution in [0.4, 0.5) is 0 Å². The predicted molar refractivity (Wildman–Crippen MR) is 41.0 cm³/mol. The second kappa shape index (κ2) is 2.44. The first-order valence-corrected chi connectivity index (χ1v) is 4.12. The van der Waals surface area contributed by atoms with E-state index >= 15 is 0 Å². The molecule has 0 aromatic heterocycles. The summed E-state index contributed by atoms with van der Waals surface area (Å²) in [6, 6.07) is 0. The number of carbonyl (C=O) groups is 2. The minimum absolute atomic E-state index is 0.211.